The lowest BCUT2D eigenvalue weighted by Gasteiger charge is -2.42. The Morgan fingerprint density at radius 2 is 1.37 bits per heavy atom. The highest BCUT2D eigenvalue weighted by molar-refractivity contribution is 5.69. The van der Waals surface area contributed by atoms with Gasteiger partial charge in [-0.15, -0.1) is 0 Å². The van der Waals surface area contributed by atoms with Crippen LogP contribution in [0.3, 0.4) is 0 Å². The largest absolute Gasteiger partial charge is 0.433 e. The smallest absolute Gasteiger partial charge is 0.308 e. The zero-order valence-corrected chi connectivity index (χ0v) is 16.7. The molecule has 2 aliphatic heterocycles. The molecule has 0 aliphatic carbocycles. The second-order valence-electron chi connectivity index (χ2n) is 7.49. The molecule has 30 heavy (non-hydrogen) atoms. The van der Waals surface area contributed by atoms with E-state index in [1.165, 1.54) is 0 Å². The van der Waals surface area contributed by atoms with Gasteiger partial charge in [0, 0.05) is 6.42 Å². The third kappa shape index (κ3) is 6.07. The number of esters is 1. The molecule has 2 rings (SSSR count). The molecular formula is C18H32O12. The molecule has 10 unspecified atom stereocenters. The number of aliphatic hydroxyl groups excluding tert-OH is 7. The Labute approximate surface area is 173 Å². The predicted octanol–water partition coefficient (Wildman–Crippen LogP) is -3.27. The van der Waals surface area contributed by atoms with Crippen molar-refractivity contribution < 1.29 is 59.5 Å². The number of hydrogen-bond acceptors (Lipinski definition) is 12. The lowest BCUT2D eigenvalue weighted by atomic mass is 9.98. The highest BCUT2D eigenvalue weighted by Gasteiger charge is 2.48. The molecule has 2 fully saturated rings. The number of hydrogen-bond donors (Lipinski definition) is 7. The van der Waals surface area contributed by atoms with E-state index in [9.17, 15) is 40.5 Å². The first kappa shape index (κ1) is 25.3. The Bertz CT molecular complexity index is 531. The highest BCUT2D eigenvalue weighted by atomic mass is 16.7. The van der Waals surface area contributed by atoms with Gasteiger partial charge in [-0.3, -0.25) is 4.79 Å². The van der Waals surface area contributed by atoms with Gasteiger partial charge < -0.3 is 54.7 Å². The quantitative estimate of drug-likeness (QED) is 0.140. The van der Waals surface area contributed by atoms with Crippen molar-refractivity contribution in [1.29, 1.82) is 0 Å². The van der Waals surface area contributed by atoms with E-state index in [-0.39, 0.29) is 6.42 Å². The molecule has 0 aromatic carbocycles. The molecule has 0 saturated carbocycles. The van der Waals surface area contributed by atoms with Crippen molar-refractivity contribution in [2.75, 3.05) is 13.2 Å². The van der Waals surface area contributed by atoms with E-state index in [1.54, 1.807) is 0 Å². The van der Waals surface area contributed by atoms with Crippen molar-refractivity contribution in [2.24, 2.45) is 0 Å². The fourth-order valence-corrected chi connectivity index (χ4v) is 3.25. The molecule has 0 spiro atoms. The molecule has 0 amide bonds. The van der Waals surface area contributed by atoms with E-state index in [0.29, 0.717) is 6.42 Å². The van der Waals surface area contributed by atoms with Gasteiger partial charge in [0.25, 0.3) is 0 Å². The Morgan fingerprint density at radius 1 is 0.800 bits per heavy atom. The summed E-state index contributed by atoms with van der Waals surface area (Å²) in [6.45, 7) is 0.836. The fourth-order valence-electron chi connectivity index (χ4n) is 3.25. The van der Waals surface area contributed by atoms with E-state index in [4.69, 9.17) is 18.9 Å². The molecule has 7 N–H and O–H groups in total. The van der Waals surface area contributed by atoms with Crippen LogP contribution in [0.25, 0.3) is 0 Å². The second-order valence-corrected chi connectivity index (χ2v) is 7.49. The first-order valence-corrected chi connectivity index (χ1v) is 10.0. The summed E-state index contributed by atoms with van der Waals surface area (Å²) in [4.78, 5) is 11.9. The van der Waals surface area contributed by atoms with Gasteiger partial charge in [0.1, 0.15) is 48.8 Å². The van der Waals surface area contributed by atoms with Crippen molar-refractivity contribution in [1.82, 2.24) is 0 Å². The normalized spacial score (nSPS) is 42.1. The molecule has 12 nitrogen and oxygen atoms in total. The predicted molar refractivity (Wildman–Crippen MR) is 96.6 cm³/mol. The van der Waals surface area contributed by atoms with Crippen LogP contribution in [0.2, 0.25) is 0 Å². The van der Waals surface area contributed by atoms with Crippen LogP contribution >= 0.6 is 0 Å². The second kappa shape index (κ2) is 11.6. The summed E-state index contributed by atoms with van der Waals surface area (Å²) in [5.41, 5.74) is 0. The van der Waals surface area contributed by atoms with E-state index in [0.717, 1.165) is 12.8 Å². The van der Waals surface area contributed by atoms with Gasteiger partial charge in [0.15, 0.2) is 6.29 Å². The maximum Gasteiger partial charge on any atom is 0.308 e. The van der Waals surface area contributed by atoms with E-state index in [1.807, 2.05) is 6.92 Å². The van der Waals surface area contributed by atoms with Crippen molar-refractivity contribution in [2.45, 2.75) is 94.0 Å². The standard InChI is InChI=1S/C18H32O12/c1-2-3-4-5-10(20)30-18-16(26)14(24)12(22)9(29-18)7-27-17-15(25)13(23)11(21)8(6-19)28-17/h8-9,11-19,21-26H,2-7H2,1H3. The Kier molecular flexibility index (Phi) is 9.81. The molecule has 0 aromatic heterocycles. The summed E-state index contributed by atoms with van der Waals surface area (Å²) in [5.74, 6) is -0.635. The van der Waals surface area contributed by atoms with Gasteiger partial charge in [0.2, 0.25) is 6.29 Å². The topological polar surface area (TPSA) is 196 Å². The molecule has 10 atom stereocenters. The van der Waals surface area contributed by atoms with Crippen LogP contribution in [0.5, 0.6) is 0 Å². The summed E-state index contributed by atoms with van der Waals surface area (Å²) >= 11 is 0. The number of aliphatic hydroxyl groups is 7. The third-order valence-electron chi connectivity index (χ3n) is 5.17. The van der Waals surface area contributed by atoms with Crippen LogP contribution < -0.4 is 0 Å². The minimum atomic E-state index is -1.70. The van der Waals surface area contributed by atoms with Crippen LogP contribution in [0.1, 0.15) is 32.6 Å². The number of ether oxygens (including phenoxy) is 4. The van der Waals surface area contributed by atoms with E-state index < -0.39 is 80.6 Å². The number of carbonyl (C=O) groups excluding carboxylic acids is 1. The fraction of sp³-hybridized carbons (Fsp3) is 0.944. The average molecular weight is 440 g/mol. The van der Waals surface area contributed by atoms with E-state index in [2.05, 4.69) is 0 Å². The third-order valence-corrected chi connectivity index (χ3v) is 5.17. The van der Waals surface area contributed by atoms with Gasteiger partial charge in [-0.05, 0) is 6.42 Å². The Hall–Kier alpha value is -0.930. The molecule has 0 aromatic rings. The van der Waals surface area contributed by atoms with Crippen LogP contribution in [-0.4, -0.2) is 116 Å². The van der Waals surface area contributed by atoms with Crippen molar-refractivity contribution >= 4 is 5.97 Å². The minimum absolute atomic E-state index is 0.102. The van der Waals surface area contributed by atoms with Crippen molar-refractivity contribution in [3.05, 3.63) is 0 Å². The van der Waals surface area contributed by atoms with Crippen LogP contribution in [0.15, 0.2) is 0 Å². The summed E-state index contributed by atoms with van der Waals surface area (Å²) in [6, 6.07) is 0. The van der Waals surface area contributed by atoms with Gasteiger partial charge in [-0.2, -0.15) is 0 Å². The average Bonchev–Trinajstić information content (AvgIpc) is 2.73. The van der Waals surface area contributed by atoms with Crippen LogP contribution in [0.4, 0.5) is 0 Å². The number of carbonyl (C=O) groups is 1. The zero-order chi connectivity index (χ0) is 22.4. The molecule has 2 aliphatic rings. The Balaban J connectivity index is 1.94. The maximum atomic E-state index is 11.9. The first-order valence-electron chi connectivity index (χ1n) is 10.0. The monoisotopic (exact) mass is 440 g/mol. The lowest BCUT2D eigenvalue weighted by molar-refractivity contribution is -0.327. The molecule has 176 valence electrons. The van der Waals surface area contributed by atoms with Crippen molar-refractivity contribution in [3.63, 3.8) is 0 Å². The molecule has 12 heteroatoms. The summed E-state index contributed by atoms with van der Waals surface area (Å²) < 4.78 is 20.9. The minimum Gasteiger partial charge on any atom is -0.433 e. The van der Waals surface area contributed by atoms with Gasteiger partial charge >= 0.3 is 5.97 Å². The van der Waals surface area contributed by atoms with Gasteiger partial charge in [-0.1, -0.05) is 19.8 Å². The molecule has 2 saturated heterocycles. The SMILES string of the molecule is CCCCCC(=O)OC1OC(COC2OC(CO)C(O)C(O)C2O)C(O)C(O)C1O. The number of unbranched alkanes of at least 4 members (excludes halogenated alkanes) is 2. The summed E-state index contributed by atoms with van der Waals surface area (Å²) in [5, 5.41) is 68.9. The highest BCUT2D eigenvalue weighted by Crippen LogP contribution is 2.26. The zero-order valence-electron chi connectivity index (χ0n) is 16.7. The van der Waals surface area contributed by atoms with Crippen molar-refractivity contribution in [3.8, 4) is 0 Å². The summed E-state index contributed by atoms with van der Waals surface area (Å²) in [7, 11) is 0. The maximum absolute atomic E-state index is 11.9. The lowest BCUT2D eigenvalue weighted by Crippen LogP contribution is -2.61. The molecule has 0 bridgehead atoms. The Morgan fingerprint density at radius 3 is 1.97 bits per heavy atom. The molecule has 0 radical (unpaired) electrons. The van der Waals surface area contributed by atoms with Gasteiger partial charge in [-0.25, -0.2) is 0 Å². The van der Waals surface area contributed by atoms with Crippen LogP contribution in [0, 0.1) is 0 Å². The van der Waals surface area contributed by atoms with Gasteiger partial charge in [0.05, 0.1) is 13.2 Å². The molecular weight excluding hydrogens is 408 g/mol. The first-order chi connectivity index (χ1) is 14.2. The number of rotatable bonds is 9. The summed E-state index contributed by atoms with van der Waals surface area (Å²) in [6.07, 6.45) is -12.9. The van der Waals surface area contributed by atoms with Crippen LogP contribution in [-0.2, 0) is 23.7 Å². The van der Waals surface area contributed by atoms with E-state index >= 15 is 0 Å². The molecule has 2 heterocycles.